The van der Waals surface area contributed by atoms with Crippen LogP contribution in [0.2, 0.25) is 0 Å². The molecule has 2 aliphatic rings. The molecule has 0 unspecified atom stereocenters. The van der Waals surface area contributed by atoms with Gasteiger partial charge in [0.15, 0.2) is 0 Å². The van der Waals surface area contributed by atoms with Crippen LogP contribution in [-0.4, -0.2) is 70.4 Å². The van der Waals surface area contributed by atoms with Crippen LogP contribution in [0.15, 0.2) is 36.4 Å². The lowest BCUT2D eigenvalue weighted by Crippen LogP contribution is -2.61. The monoisotopic (exact) mass is 635 g/mol. The average molecular weight is 636 g/mol. The molecule has 46 heavy (non-hydrogen) atoms. The summed E-state index contributed by atoms with van der Waals surface area (Å²) < 4.78 is 11.4. The van der Waals surface area contributed by atoms with Gasteiger partial charge >= 0.3 is 11.9 Å². The summed E-state index contributed by atoms with van der Waals surface area (Å²) in [5.74, 6) is -4.10. The summed E-state index contributed by atoms with van der Waals surface area (Å²) in [7, 11) is 0. The minimum atomic E-state index is -0.984. The molecular weight excluding hydrogens is 590 g/mol. The molecule has 3 N–H and O–H groups in total. The van der Waals surface area contributed by atoms with E-state index in [0.29, 0.717) is 30.6 Å². The number of nitrogens with zero attached hydrogens (tertiary/aromatic N) is 2. The zero-order valence-corrected chi connectivity index (χ0v) is 27.5. The van der Waals surface area contributed by atoms with Crippen LogP contribution in [0.3, 0.4) is 0 Å². The topological polar surface area (TPSA) is 156 Å². The Kier molecular flexibility index (Phi) is 11.2. The first-order valence-electron chi connectivity index (χ1n) is 15.9. The van der Waals surface area contributed by atoms with Crippen LogP contribution in [0.1, 0.15) is 78.7 Å². The number of ether oxygens (including phenoxy) is 2. The number of hydrogen-bond acceptors (Lipinski definition) is 9. The van der Waals surface area contributed by atoms with Gasteiger partial charge in [0, 0.05) is 11.9 Å². The second-order valence-corrected chi connectivity index (χ2v) is 12.7. The van der Waals surface area contributed by atoms with Gasteiger partial charge in [0.25, 0.3) is 5.91 Å². The van der Waals surface area contributed by atoms with E-state index >= 15 is 0 Å². The Bertz CT molecular complexity index is 1510. The van der Waals surface area contributed by atoms with Crippen LogP contribution in [0.25, 0.3) is 17.0 Å². The Labute approximate surface area is 269 Å². The van der Waals surface area contributed by atoms with Gasteiger partial charge in [-0.1, -0.05) is 58.0 Å². The van der Waals surface area contributed by atoms with Crippen molar-refractivity contribution >= 4 is 46.6 Å². The first-order chi connectivity index (χ1) is 21.7. The highest BCUT2D eigenvalue weighted by atomic mass is 16.5. The largest absolute Gasteiger partial charge is 0.461 e. The quantitative estimate of drug-likeness (QED) is 0.430. The van der Waals surface area contributed by atoms with Gasteiger partial charge in [0.1, 0.15) is 30.3 Å². The van der Waals surface area contributed by atoms with E-state index in [-0.39, 0.29) is 5.92 Å². The maximum atomic E-state index is 13.8. The van der Waals surface area contributed by atoms with Crippen LogP contribution in [0.4, 0.5) is 0 Å². The van der Waals surface area contributed by atoms with Gasteiger partial charge < -0.3 is 20.1 Å². The molecule has 0 saturated carbocycles. The van der Waals surface area contributed by atoms with Gasteiger partial charge in [-0.2, -0.15) is 0 Å². The van der Waals surface area contributed by atoms with E-state index in [0.717, 1.165) is 10.9 Å². The van der Waals surface area contributed by atoms with E-state index < -0.39 is 71.8 Å². The molecule has 1 fully saturated rings. The predicted octanol–water partition coefficient (Wildman–Crippen LogP) is 3.21. The average Bonchev–Trinajstić information content (AvgIpc) is 3.02. The van der Waals surface area contributed by atoms with E-state index in [1.54, 1.807) is 66.7 Å². The first-order valence-corrected chi connectivity index (χ1v) is 15.9. The zero-order chi connectivity index (χ0) is 33.7. The number of hydrogen-bond donors (Lipinski definition) is 3. The molecule has 1 aromatic heterocycles. The molecule has 3 amide bonds. The van der Waals surface area contributed by atoms with Crippen molar-refractivity contribution in [2.24, 2.45) is 17.8 Å². The third-order valence-electron chi connectivity index (χ3n) is 8.24. The summed E-state index contributed by atoms with van der Waals surface area (Å²) in [5.41, 5.74) is 4.92. The lowest BCUT2D eigenvalue weighted by atomic mass is 9.97. The fourth-order valence-electron chi connectivity index (χ4n) is 5.36. The third-order valence-corrected chi connectivity index (χ3v) is 8.24. The van der Waals surface area contributed by atoms with Crippen molar-refractivity contribution in [1.29, 1.82) is 0 Å². The fourth-order valence-corrected chi connectivity index (χ4v) is 5.36. The minimum Gasteiger partial charge on any atom is -0.461 e. The number of fused-ring (bicyclic) bond motifs is 4. The summed E-state index contributed by atoms with van der Waals surface area (Å²) in [4.78, 5) is 70.9. The summed E-state index contributed by atoms with van der Waals surface area (Å²) in [6.45, 7) is 12.3. The Hall–Kier alpha value is -4.32. The molecule has 0 radical (unpaired) electrons. The standard InChI is InChI=1S/C34H45N5O7/c1-18(2)29-31(41)35-20(5)32(42)39-16-8-9-27(38-39)34(44)46-22(7)26-15-13-24-12-10-23(17-28(24)36-26)11-14-25(30(40)37-29)21(6)45-33(43)19(3)4/h10-15,17-22,25,27,29,38H,8-9,16H2,1-7H3,(H,35,41)(H,37,40)/t20-,21-,22+,25+,27-,29-/m0/s1. The molecule has 0 aliphatic carbocycles. The molecule has 6 atom stereocenters. The Morgan fingerprint density at radius 1 is 1.00 bits per heavy atom. The Morgan fingerprint density at radius 3 is 2.41 bits per heavy atom. The Morgan fingerprint density at radius 2 is 1.72 bits per heavy atom. The lowest BCUT2D eigenvalue weighted by molar-refractivity contribution is -0.157. The van der Waals surface area contributed by atoms with Gasteiger partial charge in [0.05, 0.1) is 23.0 Å². The number of carbonyl (C=O) groups excluding carboxylic acids is 5. The smallest absolute Gasteiger partial charge is 0.325 e. The highest BCUT2D eigenvalue weighted by molar-refractivity contribution is 5.93. The molecule has 2 aromatic rings. The van der Waals surface area contributed by atoms with Crippen LogP contribution in [0.5, 0.6) is 0 Å². The van der Waals surface area contributed by atoms with Crippen molar-refractivity contribution in [3.8, 4) is 0 Å². The Balaban J connectivity index is 1.74. The maximum absolute atomic E-state index is 13.8. The molecule has 4 rings (SSSR count). The number of hydrazine groups is 1. The van der Waals surface area contributed by atoms with Crippen LogP contribution in [0, 0.1) is 17.8 Å². The maximum Gasteiger partial charge on any atom is 0.325 e. The predicted molar refractivity (Wildman–Crippen MR) is 171 cm³/mol. The normalized spacial score (nSPS) is 25.7. The van der Waals surface area contributed by atoms with Gasteiger partial charge in [-0.15, -0.1) is 0 Å². The molecule has 1 aromatic carbocycles. The van der Waals surface area contributed by atoms with Crippen LogP contribution >= 0.6 is 0 Å². The molecular formula is C34H45N5O7. The van der Waals surface area contributed by atoms with E-state index in [1.165, 1.54) is 5.01 Å². The third kappa shape index (κ3) is 8.28. The van der Waals surface area contributed by atoms with Gasteiger partial charge in [-0.3, -0.25) is 29.0 Å². The number of carbonyl (C=O) groups is 5. The fraction of sp³-hybridized carbons (Fsp3) is 0.529. The summed E-state index contributed by atoms with van der Waals surface area (Å²) in [5, 5.41) is 7.75. The zero-order valence-electron chi connectivity index (χ0n) is 27.5. The molecule has 12 heteroatoms. The number of cyclic esters (lactones) is 1. The molecule has 5 bridgehead atoms. The van der Waals surface area contributed by atoms with Crippen molar-refractivity contribution < 1.29 is 33.4 Å². The number of esters is 2. The first kappa shape index (κ1) is 34.6. The van der Waals surface area contributed by atoms with Crippen molar-refractivity contribution in [2.75, 3.05) is 6.54 Å². The van der Waals surface area contributed by atoms with Crippen molar-refractivity contribution in [2.45, 2.75) is 91.6 Å². The molecule has 1 saturated heterocycles. The van der Waals surface area contributed by atoms with E-state index in [9.17, 15) is 24.0 Å². The number of benzene rings is 1. The van der Waals surface area contributed by atoms with E-state index in [4.69, 9.17) is 14.5 Å². The van der Waals surface area contributed by atoms with Crippen molar-refractivity contribution in [3.05, 3.63) is 47.7 Å². The van der Waals surface area contributed by atoms with Crippen LogP contribution in [-0.2, 0) is 33.4 Å². The number of amides is 3. The SMILES string of the molecule is CC(C)C(=O)O[C@@H](C)[C@H]1C=Cc2ccc3ccc(nc3c2)[C@@H](C)OC(=O)[C@@H]2CCCN(N2)C(=O)[C@H](C)NC(=O)[C@H](C(C)C)NC1=O. The van der Waals surface area contributed by atoms with Gasteiger partial charge in [-0.05, 0) is 57.2 Å². The lowest BCUT2D eigenvalue weighted by Gasteiger charge is -2.35. The van der Waals surface area contributed by atoms with Gasteiger partial charge in [-0.25, -0.2) is 10.4 Å². The highest BCUT2D eigenvalue weighted by Crippen LogP contribution is 2.23. The van der Waals surface area contributed by atoms with Gasteiger partial charge in [0.2, 0.25) is 11.8 Å². The number of aromatic nitrogens is 1. The number of rotatable bonds is 4. The molecule has 3 heterocycles. The second-order valence-electron chi connectivity index (χ2n) is 12.7. The summed E-state index contributed by atoms with van der Waals surface area (Å²) in [6.07, 6.45) is 2.92. The second kappa shape index (κ2) is 14.8. The molecule has 248 valence electrons. The summed E-state index contributed by atoms with van der Waals surface area (Å²) >= 11 is 0. The number of nitrogens with one attached hydrogen (secondary N) is 3. The van der Waals surface area contributed by atoms with Crippen molar-refractivity contribution in [1.82, 2.24) is 26.1 Å². The van der Waals surface area contributed by atoms with Crippen molar-refractivity contribution in [3.63, 3.8) is 0 Å². The van der Waals surface area contributed by atoms with Crippen LogP contribution < -0.4 is 16.1 Å². The molecule has 0 spiro atoms. The molecule has 2 aliphatic heterocycles. The van der Waals surface area contributed by atoms with E-state index in [1.807, 2.05) is 24.3 Å². The summed E-state index contributed by atoms with van der Waals surface area (Å²) in [6, 6.07) is 6.63. The molecule has 12 nitrogen and oxygen atoms in total. The van der Waals surface area contributed by atoms with E-state index in [2.05, 4.69) is 16.1 Å². The number of pyridine rings is 1. The minimum absolute atomic E-state index is 0.332. The highest BCUT2D eigenvalue weighted by Gasteiger charge is 2.35.